The third-order valence-corrected chi connectivity index (χ3v) is 4.74. The molecule has 2 aromatic rings. The summed E-state index contributed by atoms with van der Waals surface area (Å²) in [6.45, 7) is 1.90. The molecule has 1 atom stereocenters. The van der Waals surface area contributed by atoms with E-state index in [1.807, 2.05) is 6.92 Å². The van der Waals surface area contributed by atoms with Crippen LogP contribution in [0, 0.1) is 0 Å². The Hall–Kier alpha value is -3.01. The number of rotatable bonds is 7. The third kappa shape index (κ3) is 4.11. The number of amides is 2. The molecule has 2 amide bonds. The molecule has 0 bridgehead atoms. The van der Waals surface area contributed by atoms with Crippen molar-refractivity contribution in [2.75, 3.05) is 24.8 Å². The number of fused-ring (bicyclic) bond motifs is 1. The van der Waals surface area contributed by atoms with Gasteiger partial charge in [-0.05, 0) is 30.9 Å². The molecule has 148 valence electrons. The predicted octanol–water partition coefficient (Wildman–Crippen LogP) is 1.23. The van der Waals surface area contributed by atoms with Gasteiger partial charge in [-0.2, -0.15) is 0 Å². The first-order valence-electron chi connectivity index (χ1n) is 8.58. The molecule has 0 saturated carbocycles. The van der Waals surface area contributed by atoms with E-state index in [1.54, 1.807) is 24.5 Å². The van der Waals surface area contributed by atoms with Crippen LogP contribution in [0.5, 0.6) is 11.5 Å². The van der Waals surface area contributed by atoms with E-state index in [1.165, 1.54) is 11.8 Å². The smallest absolute Gasteiger partial charge is 0.257 e. The molecule has 0 spiro atoms. The number of nitrogens with zero attached hydrogens (tertiary/aromatic N) is 1. The fourth-order valence-electron chi connectivity index (χ4n) is 3.01. The zero-order valence-corrected chi connectivity index (χ0v) is 16.2. The molecule has 0 saturated heterocycles. The Labute approximate surface area is 165 Å². The maximum atomic E-state index is 12.6. The number of carbonyl (C=O) groups is 2. The van der Waals surface area contributed by atoms with Gasteiger partial charge in [0.05, 0.1) is 12.2 Å². The molecular weight excluding hydrogens is 384 g/mol. The number of benzene rings is 1. The monoisotopic (exact) mass is 404 g/mol. The topological polar surface area (TPSA) is 136 Å². The van der Waals surface area contributed by atoms with Crippen LogP contribution in [0.3, 0.4) is 0 Å². The van der Waals surface area contributed by atoms with Gasteiger partial charge in [0, 0.05) is 12.3 Å². The van der Waals surface area contributed by atoms with Gasteiger partial charge in [0.2, 0.25) is 5.91 Å². The first kappa shape index (κ1) is 19.7. The second kappa shape index (κ2) is 8.34. The maximum absolute atomic E-state index is 12.6. The lowest BCUT2D eigenvalue weighted by atomic mass is 9.86. The van der Waals surface area contributed by atoms with Crippen molar-refractivity contribution in [1.82, 2.24) is 9.97 Å². The Balaban J connectivity index is 2.04. The molecule has 2 heterocycles. The molecule has 0 unspecified atom stereocenters. The van der Waals surface area contributed by atoms with Crippen LogP contribution in [0.25, 0.3) is 0 Å². The fourth-order valence-corrected chi connectivity index (χ4v) is 3.39. The van der Waals surface area contributed by atoms with Gasteiger partial charge < -0.3 is 25.5 Å². The van der Waals surface area contributed by atoms with Crippen LogP contribution in [0.15, 0.2) is 28.2 Å². The second-order valence-electron chi connectivity index (χ2n) is 6.04. The summed E-state index contributed by atoms with van der Waals surface area (Å²) < 4.78 is 11.0. The first-order valence-corrected chi connectivity index (χ1v) is 9.81. The number of carbonyl (C=O) groups excluding carboxylic acids is 2. The van der Waals surface area contributed by atoms with Crippen molar-refractivity contribution in [3.05, 3.63) is 39.7 Å². The zero-order valence-electron chi connectivity index (χ0n) is 15.4. The average molecular weight is 404 g/mol. The fraction of sp³-hybridized carbons (Fsp3) is 0.333. The maximum Gasteiger partial charge on any atom is 0.257 e. The summed E-state index contributed by atoms with van der Waals surface area (Å²) in [6.07, 6.45) is 1.88. The van der Waals surface area contributed by atoms with Crippen molar-refractivity contribution in [2.24, 2.45) is 5.73 Å². The van der Waals surface area contributed by atoms with Crippen LogP contribution < -0.4 is 26.1 Å². The van der Waals surface area contributed by atoms with Crippen molar-refractivity contribution in [2.45, 2.75) is 24.4 Å². The largest absolute Gasteiger partial charge is 0.490 e. The lowest BCUT2D eigenvalue weighted by Gasteiger charge is -2.25. The van der Waals surface area contributed by atoms with Crippen molar-refractivity contribution >= 4 is 29.4 Å². The number of anilines is 1. The summed E-state index contributed by atoms with van der Waals surface area (Å²) in [6, 6.07) is 5.07. The van der Waals surface area contributed by atoms with E-state index in [4.69, 9.17) is 15.2 Å². The number of hydrogen-bond donors (Lipinski definition) is 3. The number of hydrogen-bond acceptors (Lipinski definition) is 7. The van der Waals surface area contributed by atoms with Gasteiger partial charge in [-0.1, -0.05) is 17.8 Å². The number of H-pyrrole nitrogens is 1. The van der Waals surface area contributed by atoms with E-state index in [-0.39, 0.29) is 30.3 Å². The average Bonchev–Trinajstić information content (AvgIpc) is 2.65. The molecule has 0 fully saturated rings. The highest BCUT2D eigenvalue weighted by Gasteiger charge is 2.31. The highest BCUT2D eigenvalue weighted by atomic mass is 32.2. The minimum Gasteiger partial charge on any atom is -0.490 e. The van der Waals surface area contributed by atoms with Gasteiger partial charge in [-0.15, -0.1) is 0 Å². The standard InChI is InChI=1S/C18H20N4O5S/c1-3-26-12-6-9(4-5-11(12)27-8-13(19)23)10-7-14(24)20-16-15(10)17(25)22-18(21-16)28-2/h4-6,10H,3,7-8H2,1-2H3,(H2,19,23)(H2,20,21,22,24,25)/t10-/m0/s1. The molecule has 9 nitrogen and oxygen atoms in total. The Bertz CT molecular complexity index is 975. The molecule has 10 heteroatoms. The van der Waals surface area contributed by atoms with Gasteiger partial charge in [0.1, 0.15) is 5.82 Å². The molecule has 3 rings (SSSR count). The quantitative estimate of drug-likeness (QED) is 0.466. The van der Waals surface area contributed by atoms with Crippen LogP contribution in [0.1, 0.15) is 30.4 Å². The summed E-state index contributed by atoms with van der Waals surface area (Å²) in [4.78, 5) is 42.8. The molecule has 1 aliphatic heterocycles. The Morgan fingerprint density at radius 3 is 2.79 bits per heavy atom. The molecule has 1 aromatic carbocycles. The number of nitrogens with one attached hydrogen (secondary N) is 2. The van der Waals surface area contributed by atoms with E-state index >= 15 is 0 Å². The number of ether oxygens (including phenoxy) is 2. The summed E-state index contributed by atoms with van der Waals surface area (Å²) in [7, 11) is 0. The first-order chi connectivity index (χ1) is 13.4. The Morgan fingerprint density at radius 1 is 1.32 bits per heavy atom. The molecule has 0 radical (unpaired) electrons. The lowest BCUT2D eigenvalue weighted by Crippen LogP contribution is -2.31. The van der Waals surface area contributed by atoms with Crippen LogP contribution >= 0.6 is 11.8 Å². The number of aromatic nitrogens is 2. The lowest BCUT2D eigenvalue weighted by molar-refractivity contribution is -0.120. The molecule has 4 N–H and O–H groups in total. The number of nitrogens with two attached hydrogens (primary N) is 1. The molecule has 1 aromatic heterocycles. The zero-order chi connectivity index (χ0) is 20.3. The van der Waals surface area contributed by atoms with Crippen molar-refractivity contribution < 1.29 is 19.1 Å². The Kier molecular flexibility index (Phi) is 5.88. The second-order valence-corrected chi connectivity index (χ2v) is 6.83. The van der Waals surface area contributed by atoms with Gasteiger partial charge in [0.15, 0.2) is 23.3 Å². The van der Waals surface area contributed by atoms with E-state index in [0.29, 0.717) is 34.4 Å². The van der Waals surface area contributed by atoms with Gasteiger partial charge in [-0.25, -0.2) is 4.98 Å². The van der Waals surface area contributed by atoms with Crippen LogP contribution in [-0.2, 0) is 9.59 Å². The minimum absolute atomic E-state index is 0.101. The number of primary amides is 1. The highest BCUT2D eigenvalue weighted by molar-refractivity contribution is 7.98. The minimum atomic E-state index is -0.605. The van der Waals surface area contributed by atoms with Crippen molar-refractivity contribution in [1.29, 1.82) is 0 Å². The molecule has 1 aliphatic rings. The number of thioether (sulfide) groups is 1. The molecule has 28 heavy (non-hydrogen) atoms. The van der Waals surface area contributed by atoms with Crippen LogP contribution in [0.2, 0.25) is 0 Å². The molecular formula is C18H20N4O5S. The highest BCUT2D eigenvalue weighted by Crippen LogP contribution is 2.38. The molecule has 0 aliphatic carbocycles. The Morgan fingerprint density at radius 2 is 2.11 bits per heavy atom. The van der Waals surface area contributed by atoms with E-state index in [9.17, 15) is 14.4 Å². The van der Waals surface area contributed by atoms with E-state index in [2.05, 4.69) is 15.3 Å². The summed E-state index contributed by atoms with van der Waals surface area (Å²) >= 11 is 1.28. The number of aromatic amines is 1. The SMILES string of the molecule is CCOc1cc([C@@H]2CC(=O)Nc3nc(SC)[nH]c(=O)c32)ccc1OCC(N)=O. The van der Waals surface area contributed by atoms with Gasteiger partial charge >= 0.3 is 0 Å². The van der Waals surface area contributed by atoms with E-state index < -0.39 is 11.8 Å². The van der Waals surface area contributed by atoms with Crippen molar-refractivity contribution in [3.8, 4) is 11.5 Å². The van der Waals surface area contributed by atoms with Gasteiger partial charge in [-0.3, -0.25) is 14.4 Å². The van der Waals surface area contributed by atoms with Crippen LogP contribution in [-0.4, -0.2) is 41.3 Å². The third-order valence-electron chi connectivity index (χ3n) is 4.16. The van der Waals surface area contributed by atoms with E-state index in [0.717, 1.165) is 0 Å². The normalized spacial score (nSPS) is 15.5. The van der Waals surface area contributed by atoms with Gasteiger partial charge in [0.25, 0.3) is 11.5 Å². The summed E-state index contributed by atoms with van der Waals surface area (Å²) in [5, 5.41) is 3.09. The summed E-state index contributed by atoms with van der Waals surface area (Å²) in [5.74, 6) is -0.295. The van der Waals surface area contributed by atoms with Crippen molar-refractivity contribution in [3.63, 3.8) is 0 Å². The summed E-state index contributed by atoms with van der Waals surface area (Å²) in [5.41, 5.74) is 5.92. The predicted molar refractivity (Wildman–Crippen MR) is 104 cm³/mol. The van der Waals surface area contributed by atoms with Crippen LogP contribution in [0.4, 0.5) is 5.82 Å².